The van der Waals surface area contributed by atoms with Gasteiger partial charge in [-0.2, -0.15) is 0 Å². The highest BCUT2D eigenvalue weighted by molar-refractivity contribution is 5.79. The Labute approximate surface area is 186 Å². The molecule has 1 aromatic rings. The van der Waals surface area contributed by atoms with Crippen LogP contribution < -0.4 is 10.6 Å². The third kappa shape index (κ3) is 4.82. The Bertz CT molecular complexity index is 793. The number of fused-ring (bicyclic) bond motifs is 1. The molecule has 0 aliphatic heterocycles. The second-order valence-corrected chi connectivity index (χ2v) is 10.7. The Morgan fingerprint density at radius 2 is 1.77 bits per heavy atom. The van der Waals surface area contributed by atoms with Crippen molar-refractivity contribution in [1.82, 2.24) is 10.6 Å². The van der Waals surface area contributed by atoms with Crippen LogP contribution in [0.1, 0.15) is 64.9 Å². The van der Waals surface area contributed by atoms with Crippen LogP contribution in [0.15, 0.2) is 30.3 Å². The normalized spacial score (nSPS) is 36.2. The largest absolute Gasteiger partial charge is 0.392 e. The first kappa shape index (κ1) is 22.3. The highest BCUT2D eigenvalue weighted by Crippen LogP contribution is 2.55. The van der Waals surface area contributed by atoms with E-state index in [1.807, 2.05) is 37.3 Å². The molecule has 7 atom stereocenters. The number of carbonyl (C=O) groups excluding carboxylic acids is 2. The number of carbonyl (C=O) groups is 2. The molecule has 2 amide bonds. The Morgan fingerprint density at radius 1 is 1.10 bits per heavy atom. The van der Waals surface area contributed by atoms with Crippen LogP contribution in [0.25, 0.3) is 0 Å². The van der Waals surface area contributed by atoms with E-state index in [0.717, 1.165) is 44.1 Å². The van der Waals surface area contributed by atoms with Crippen molar-refractivity contribution in [2.75, 3.05) is 0 Å². The molecule has 0 radical (unpaired) electrons. The highest BCUT2D eigenvalue weighted by atomic mass is 16.3. The molecule has 31 heavy (non-hydrogen) atoms. The van der Waals surface area contributed by atoms with E-state index in [-0.39, 0.29) is 46.9 Å². The summed E-state index contributed by atoms with van der Waals surface area (Å²) in [6.45, 7) is 6.45. The second kappa shape index (κ2) is 8.93. The topological polar surface area (TPSA) is 78.4 Å². The van der Waals surface area contributed by atoms with Gasteiger partial charge in [0.1, 0.15) is 0 Å². The standard InChI is InChI=1S/C26H38N2O3/c1-16(25(31)27-19-9-10-19)20-11-13-26(3)14-12-21(17(2)23(26)24(20)30)28-22(29)15-18-7-5-4-6-8-18/h4-8,16-17,19-21,23-24,30H,9-15H2,1-3H3,(H,27,31)(H,28,29)/t16-,17+,20-,21-,23+,24-,26-/m0/s1. The Kier molecular flexibility index (Phi) is 6.43. The van der Waals surface area contributed by atoms with Gasteiger partial charge < -0.3 is 15.7 Å². The summed E-state index contributed by atoms with van der Waals surface area (Å²) in [6, 6.07) is 10.2. The predicted molar refractivity (Wildman–Crippen MR) is 121 cm³/mol. The lowest BCUT2D eigenvalue weighted by molar-refractivity contribution is -0.143. The first-order valence-electron chi connectivity index (χ1n) is 12.1. The molecule has 0 saturated heterocycles. The van der Waals surface area contributed by atoms with Crippen LogP contribution in [0.4, 0.5) is 0 Å². The average Bonchev–Trinajstić information content (AvgIpc) is 3.54. The van der Waals surface area contributed by atoms with Crippen molar-refractivity contribution in [2.24, 2.45) is 29.1 Å². The molecule has 3 N–H and O–H groups in total. The Balaban J connectivity index is 1.42. The van der Waals surface area contributed by atoms with E-state index >= 15 is 0 Å². The van der Waals surface area contributed by atoms with Gasteiger partial charge in [0, 0.05) is 18.0 Å². The fourth-order valence-electron chi connectivity index (χ4n) is 6.29. The van der Waals surface area contributed by atoms with Crippen molar-refractivity contribution in [3.63, 3.8) is 0 Å². The van der Waals surface area contributed by atoms with Crippen LogP contribution in [-0.2, 0) is 16.0 Å². The maximum Gasteiger partial charge on any atom is 0.224 e. The van der Waals surface area contributed by atoms with Gasteiger partial charge in [0.05, 0.1) is 12.5 Å². The van der Waals surface area contributed by atoms with Gasteiger partial charge in [0.2, 0.25) is 11.8 Å². The summed E-state index contributed by atoms with van der Waals surface area (Å²) in [4.78, 5) is 25.4. The van der Waals surface area contributed by atoms with E-state index in [9.17, 15) is 14.7 Å². The minimum absolute atomic E-state index is 0.0157. The lowest BCUT2D eigenvalue weighted by atomic mass is 9.51. The summed E-state index contributed by atoms with van der Waals surface area (Å²) in [5, 5.41) is 17.8. The van der Waals surface area contributed by atoms with Gasteiger partial charge >= 0.3 is 0 Å². The third-order valence-electron chi connectivity index (χ3n) is 8.42. The molecular formula is C26H38N2O3. The number of rotatable bonds is 6. The van der Waals surface area contributed by atoms with Crippen molar-refractivity contribution < 1.29 is 14.7 Å². The van der Waals surface area contributed by atoms with E-state index in [1.165, 1.54) is 0 Å². The highest BCUT2D eigenvalue weighted by Gasteiger charge is 2.54. The van der Waals surface area contributed by atoms with Crippen molar-refractivity contribution >= 4 is 11.8 Å². The molecule has 3 aliphatic carbocycles. The van der Waals surface area contributed by atoms with Crippen LogP contribution in [0, 0.1) is 29.1 Å². The fourth-order valence-corrected chi connectivity index (χ4v) is 6.29. The predicted octanol–water partition coefficient (Wildman–Crippen LogP) is 3.45. The van der Waals surface area contributed by atoms with Crippen molar-refractivity contribution in [2.45, 2.75) is 83.9 Å². The zero-order chi connectivity index (χ0) is 22.2. The molecule has 3 saturated carbocycles. The number of hydrogen-bond donors (Lipinski definition) is 3. The number of aliphatic hydroxyl groups is 1. The number of amides is 2. The first-order valence-corrected chi connectivity index (χ1v) is 12.1. The third-order valence-corrected chi connectivity index (χ3v) is 8.42. The van der Waals surface area contributed by atoms with E-state index in [0.29, 0.717) is 12.5 Å². The van der Waals surface area contributed by atoms with Crippen molar-refractivity contribution in [1.29, 1.82) is 0 Å². The summed E-state index contributed by atoms with van der Waals surface area (Å²) >= 11 is 0. The van der Waals surface area contributed by atoms with Crippen molar-refractivity contribution in [3.05, 3.63) is 35.9 Å². The number of aliphatic hydroxyl groups excluding tert-OH is 1. The van der Waals surface area contributed by atoms with Gasteiger partial charge in [0.25, 0.3) is 0 Å². The molecule has 0 heterocycles. The maximum absolute atomic E-state index is 12.7. The summed E-state index contributed by atoms with van der Waals surface area (Å²) in [5.74, 6) is 0.212. The maximum atomic E-state index is 12.7. The fraction of sp³-hybridized carbons (Fsp3) is 0.692. The molecule has 0 spiro atoms. The molecule has 0 aromatic heterocycles. The summed E-state index contributed by atoms with van der Waals surface area (Å²) < 4.78 is 0. The minimum Gasteiger partial charge on any atom is -0.392 e. The second-order valence-electron chi connectivity index (χ2n) is 10.7. The van der Waals surface area contributed by atoms with Crippen LogP contribution in [0.3, 0.4) is 0 Å². The molecular weight excluding hydrogens is 388 g/mol. The monoisotopic (exact) mass is 426 g/mol. The summed E-state index contributed by atoms with van der Waals surface area (Å²) in [5.41, 5.74) is 1.09. The van der Waals surface area contributed by atoms with Crippen LogP contribution in [0.5, 0.6) is 0 Å². The van der Waals surface area contributed by atoms with E-state index in [2.05, 4.69) is 24.5 Å². The van der Waals surface area contributed by atoms with E-state index in [4.69, 9.17) is 0 Å². The van der Waals surface area contributed by atoms with Crippen LogP contribution in [0.2, 0.25) is 0 Å². The van der Waals surface area contributed by atoms with Gasteiger partial charge in [-0.3, -0.25) is 9.59 Å². The SMILES string of the molecule is C[C@H]1[C@@H]2[C@@H](O)[C@H]([C@H](C)C(=O)NC3CC3)CC[C@@]2(C)CC[C@@H]1NC(=O)Cc1ccccc1. The molecule has 5 heteroatoms. The lowest BCUT2D eigenvalue weighted by Gasteiger charge is -2.56. The van der Waals surface area contributed by atoms with Crippen LogP contribution >= 0.6 is 0 Å². The lowest BCUT2D eigenvalue weighted by Crippen LogP contribution is -2.58. The number of benzene rings is 1. The summed E-state index contributed by atoms with van der Waals surface area (Å²) in [6.07, 6.45) is 5.91. The molecule has 0 bridgehead atoms. The molecule has 3 fully saturated rings. The molecule has 5 nitrogen and oxygen atoms in total. The average molecular weight is 427 g/mol. The molecule has 4 rings (SSSR count). The molecule has 170 valence electrons. The number of hydrogen-bond acceptors (Lipinski definition) is 3. The molecule has 0 unspecified atom stereocenters. The minimum atomic E-state index is -0.512. The van der Waals surface area contributed by atoms with E-state index < -0.39 is 6.10 Å². The quantitative estimate of drug-likeness (QED) is 0.652. The van der Waals surface area contributed by atoms with Gasteiger partial charge in [-0.05, 0) is 67.3 Å². The van der Waals surface area contributed by atoms with Gasteiger partial charge in [-0.25, -0.2) is 0 Å². The molecule has 1 aromatic carbocycles. The van der Waals surface area contributed by atoms with Crippen molar-refractivity contribution in [3.8, 4) is 0 Å². The van der Waals surface area contributed by atoms with Gasteiger partial charge in [-0.15, -0.1) is 0 Å². The molecule has 3 aliphatic rings. The van der Waals surface area contributed by atoms with Crippen LogP contribution in [-0.4, -0.2) is 35.1 Å². The van der Waals surface area contributed by atoms with Gasteiger partial charge in [-0.1, -0.05) is 51.1 Å². The zero-order valence-electron chi connectivity index (χ0n) is 19.1. The zero-order valence-corrected chi connectivity index (χ0v) is 19.1. The number of nitrogens with one attached hydrogen (secondary N) is 2. The van der Waals surface area contributed by atoms with E-state index in [1.54, 1.807) is 0 Å². The first-order chi connectivity index (χ1) is 14.8. The Hall–Kier alpha value is -1.88. The van der Waals surface area contributed by atoms with Gasteiger partial charge in [0.15, 0.2) is 0 Å². The Morgan fingerprint density at radius 3 is 2.45 bits per heavy atom. The smallest absolute Gasteiger partial charge is 0.224 e. The summed E-state index contributed by atoms with van der Waals surface area (Å²) in [7, 11) is 0.